The molecule has 0 radical (unpaired) electrons. The average molecular weight is 332 g/mol. The van der Waals surface area contributed by atoms with E-state index in [2.05, 4.69) is 4.98 Å². The number of hydrogen-bond acceptors (Lipinski definition) is 4. The summed E-state index contributed by atoms with van der Waals surface area (Å²) in [5.41, 5.74) is 1.35. The predicted molar refractivity (Wildman–Crippen MR) is 81.0 cm³/mol. The van der Waals surface area contributed by atoms with E-state index >= 15 is 0 Å². The Hall–Kier alpha value is -2.83. The van der Waals surface area contributed by atoms with Crippen LogP contribution in [0.4, 0.5) is 8.78 Å². The Morgan fingerprint density at radius 2 is 1.71 bits per heavy atom. The van der Waals surface area contributed by atoms with Gasteiger partial charge in [0.25, 0.3) is 17.7 Å². The van der Waals surface area contributed by atoms with Crippen molar-refractivity contribution in [3.8, 4) is 5.88 Å². The Morgan fingerprint density at radius 3 is 2.21 bits per heavy atom. The van der Waals surface area contributed by atoms with Crippen LogP contribution in [0.2, 0.25) is 0 Å². The van der Waals surface area contributed by atoms with Crippen LogP contribution in [0.1, 0.15) is 33.2 Å². The number of hydrogen-bond donors (Lipinski definition) is 0. The molecular weight excluding hydrogens is 318 g/mol. The topological polar surface area (TPSA) is 59.5 Å². The number of imide groups is 1. The fraction of sp³-hybridized carbons (Fsp3) is 0.235. The SMILES string of the molecule is CC(F)(F)COc1ccc(CN2C(=O)c3ccccc3C2=O)cn1. The molecule has 2 heterocycles. The number of carbonyl (C=O) groups is 2. The smallest absolute Gasteiger partial charge is 0.278 e. The Morgan fingerprint density at radius 1 is 1.08 bits per heavy atom. The van der Waals surface area contributed by atoms with Crippen molar-refractivity contribution in [2.75, 3.05) is 6.61 Å². The number of nitrogens with zero attached hydrogens (tertiary/aromatic N) is 2. The molecule has 2 amide bonds. The molecule has 3 rings (SSSR count). The molecule has 0 spiro atoms. The fourth-order valence-electron chi connectivity index (χ4n) is 2.36. The van der Waals surface area contributed by atoms with Crippen molar-refractivity contribution in [1.29, 1.82) is 0 Å². The summed E-state index contributed by atoms with van der Waals surface area (Å²) < 4.78 is 30.4. The quantitative estimate of drug-likeness (QED) is 0.790. The lowest BCUT2D eigenvalue weighted by Crippen LogP contribution is -2.29. The van der Waals surface area contributed by atoms with Crippen molar-refractivity contribution in [3.05, 3.63) is 59.3 Å². The summed E-state index contributed by atoms with van der Waals surface area (Å²) in [5.74, 6) is -3.61. The van der Waals surface area contributed by atoms with E-state index in [-0.39, 0.29) is 24.2 Å². The van der Waals surface area contributed by atoms with Crippen LogP contribution in [-0.2, 0) is 6.54 Å². The van der Waals surface area contributed by atoms with Gasteiger partial charge in [-0.2, -0.15) is 0 Å². The second-order valence-electron chi connectivity index (χ2n) is 5.61. The lowest BCUT2D eigenvalue weighted by atomic mass is 10.1. The minimum Gasteiger partial charge on any atom is -0.471 e. The second-order valence-corrected chi connectivity index (χ2v) is 5.61. The standard InChI is InChI=1S/C17H14F2N2O3/c1-17(18,19)10-24-14-7-6-11(8-20-14)9-21-15(22)12-4-2-3-5-13(12)16(21)23/h2-8H,9-10H2,1H3. The highest BCUT2D eigenvalue weighted by Crippen LogP contribution is 2.24. The highest BCUT2D eigenvalue weighted by atomic mass is 19.3. The number of benzene rings is 1. The maximum Gasteiger partial charge on any atom is 0.278 e. The molecule has 0 saturated carbocycles. The first-order valence-electron chi connectivity index (χ1n) is 7.26. The summed E-state index contributed by atoms with van der Waals surface area (Å²) in [4.78, 5) is 29.6. The highest BCUT2D eigenvalue weighted by molar-refractivity contribution is 6.21. The largest absolute Gasteiger partial charge is 0.471 e. The van der Waals surface area contributed by atoms with Gasteiger partial charge in [0.1, 0.15) is 0 Å². The zero-order valence-corrected chi connectivity index (χ0v) is 12.8. The van der Waals surface area contributed by atoms with Gasteiger partial charge in [-0.25, -0.2) is 13.8 Å². The highest BCUT2D eigenvalue weighted by Gasteiger charge is 2.35. The van der Waals surface area contributed by atoms with E-state index in [1.165, 1.54) is 12.3 Å². The van der Waals surface area contributed by atoms with Gasteiger partial charge in [-0.1, -0.05) is 18.2 Å². The number of fused-ring (bicyclic) bond motifs is 1. The molecule has 0 atom stereocenters. The summed E-state index contributed by atoms with van der Waals surface area (Å²) in [7, 11) is 0. The van der Waals surface area contributed by atoms with Gasteiger partial charge in [-0.3, -0.25) is 14.5 Å². The van der Waals surface area contributed by atoms with Crippen LogP contribution >= 0.6 is 0 Å². The third kappa shape index (κ3) is 3.24. The number of pyridine rings is 1. The second kappa shape index (κ2) is 5.99. The number of rotatable bonds is 5. The molecule has 1 aliphatic heterocycles. The molecule has 124 valence electrons. The summed E-state index contributed by atoms with van der Waals surface area (Å²) in [6.45, 7) is 0.0466. The Balaban J connectivity index is 1.69. The van der Waals surface area contributed by atoms with Gasteiger partial charge in [0.05, 0.1) is 17.7 Å². The number of halogens is 2. The minimum atomic E-state index is -2.94. The predicted octanol–water partition coefficient (Wildman–Crippen LogP) is 2.91. The van der Waals surface area contributed by atoms with Gasteiger partial charge in [0.15, 0.2) is 6.61 Å². The Kier molecular flexibility index (Phi) is 4.01. The third-order valence-electron chi connectivity index (χ3n) is 3.49. The molecule has 5 nitrogen and oxygen atoms in total. The van der Waals surface area contributed by atoms with Gasteiger partial charge < -0.3 is 4.74 Å². The first-order valence-corrected chi connectivity index (χ1v) is 7.26. The van der Waals surface area contributed by atoms with Crippen molar-refractivity contribution < 1.29 is 23.1 Å². The van der Waals surface area contributed by atoms with Crippen molar-refractivity contribution in [1.82, 2.24) is 9.88 Å². The molecule has 2 aromatic rings. The lowest BCUT2D eigenvalue weighted by molar-refractivity contribution is -0.0242. The van der Waals surface area contributed by atoms with Crippen molar-refractivity contribution in [2.45, 2.75) is 19.4 Å². The first-order chi connectivity index (χ1) is 11.3. The lowest BCUT2D eigenvalue weighted by Gasteiger charge is -2.14. The maximum atomic E-state index is 12.7. The maximum absolute atomic E-state index is 12.7. The van der Waals surface area contributed by atoms with E-state index in [0.29, 0.717) is 16.7 Å². The molecule has 0 saturated heterocycles. The zero-order valence-electron chi connectivity index (χ0n) is 12.8. The summed E-state index contributed by atoms with van der Waals surface area (Å²) in [5, 5.41) is 0. The van der Waals surface area contributed by atoms with Crippen LogP contribution in [0.3, 0.4) is 0 Å². The van der Waals surface area contributed by atoms with Crippen molar-refractivity contribution in [2.24, 2.45) is 0 Å². The van der Waals surface area contributed by atoms with Crippen molar-refractivity contribution in [3.63, 3.8) is 0 Å². The molecule has 24 heavy (non-hydrogen) atoms. The van der Waals surface area contributed by atoms with E-state index in [9.17, 15) is 18.4 Å². The number of amides is 2. The summed E-state index contributed by atoms with van der Waals surface area (Å²) in [6, 6.07) is 9.62. The van der Waals surface area contributed by atoms with Crippen LogP contribution in [0, 0.1) is 0 Å². The van der Waals surface area contributed by atoms with Crippen molar-refractivity contribution >= 4 is 11.8 Å². The minimum absolute atomic E-state index is 0.0580. The van der Waals surface area contributed by atoms with E-state index in [0.717, 1.165) is 11.8 Å². The molecule has 0 N–H and O–H groups in total. The van der Waals surface area contributed by atoms with Crippen LogP contribution in [0.15, 0.2) is 42.6 Å². The molecule has 1 aliphatic rings. The van der Waals surface area contributed by atoms with E-state index in [1.54, 1.807) is 30.3 Å². The fourth-order valence-corrected chi connectivity index (χ4v) is 2.36. The van der Waals surface area contributed by atoms with E-state index in [4.69, 9.17) is 4.74 Å². The first kappa shape index (κ1) is 16.0. The Bertz CT molecular complexity index is 750. The van der Waals surface area contributed by atoms with Crippen LogP contribution in [-0.4, -0.2) is 34.2 Å². The molecule has 0 bridgehead atoms. The zero-order chi connectivity index (χ0) is 17.3. The summed E-state index contributed by atoms with van der Waals surface area (Å²) in [6.07, 6.45) is 1.40. The van der Waals surface area contributed by atoms with Crippen LogP contribution < -0.4 is 4.74 Å². The van der Waals surface area contributed by atoms with E-state index in [1.807, 2.05) is 0 Å². The average Bonchev–Trinajstić information content (AvgIpc) is 2.79. The normalized spacial score (nSPS) is 14.0. The van der Waals surface area contributed by atoms with Crippen LogP contribution in [0.5, 0.6) is 5.88 Å². The van der Waals surface area contributed by atoms with Gasteiger partial charge in [-0.05, 0) is 17.7 Å². The van der Waals surface area contributed by atoms with Gasteiger partial charge in [0.2, 0.25) is 5.88 Å². The summed E-state index contributed by atoms with van der Waals surface area (Å²) >= 11 is 0. The molecule has 7 heteroatoms. The molecule has 0 fully saturated rings. The van der Waals surface area contributed by atoms with Gasteiger partial charge >= 0.3 is 0 Å². The van der Waals surface area contributed by atoms with E-state index < -0.39 is 12.5 Å². The molecule has 1 aromatic carbocycles. The van der Waals surface area contributed by atoms with Gasteiger partial charge in [0, 0.05) is 19.2 Å². The number of aromatic nitrogens is 1. The Labute approximate surface area is 136 Å². The van der Waals surface area contributed by atoms with Crippen LogP contribution in [0.25, 0.3) is 0 Å². The number of ether oxygens (including phenoxy) is 1. The molecule has 1 aromatic heterocycles. The monoisotopic (exact) mass is 332 g/mol. The molecular formula is C17H14F2N2O3. The number of alkyl halides is 2. The number of carbonyl (C=O) groups excluding carboxylic acids is 2. The molecule has 0 aliphatic carbocycles. The molecule has 0 unspecified atom stereocenters. The third-order valence-corrected chi connectivity index (χ3v) is 3.49. The van der Waals surface area contributed by atoms with Gasteiger partial charge in [-0.15, -0.1) is 0 Å².